The number of benzene rings is 1. The van der Waals surface area contributed by atoms with E-state index in [1.54, 1.807) is 24.4 Å². The van der Waals surface area contributed by atoms with Crippen molar-refractivity contribution in [2.45, 2.75) is 6.04 Å². The van der Waals surface area contributed by atoms with Crippen molar-refractivity contribution in [3.05, 3.63) is 82.8 Å². The number of rotatable bonds is 5. The van der Waals surface area contributed by atoms with E-state index in [-0.39, 0.29) is 11.9 Å². The van der Waals surface area contributed by atoms with E-state index in [9.17, 15) is 4.79 Å². The molecule has 1 N–H and O–H groups in total. The zero-order valence-electron chi connectivity index (χ0n) is 13.0. The Balaban J connectivity index is 1.80. The molecule has 0 spiro atoms. The van der Waals surface area contributed by atoms with Gasteiger partial charge in [-0.15, -0.1) is 0 Å². The van der Waals surface area contributed by atoms with Gasteiger partial charge in [-0.1, -0.05) is 30.3 Å². The summed E-state index contributed by atoms with van der Waals surface area (Å²) < 4.78 is 7.87. The molecule has 2 aromatic heterocycles. The van der Waals surface area contributed by atoms with Crippen molar-refractivity contribution in [3.8, 4) is 0 Å². The predicted molar refractivity (Wildman–Crippen MR) is 95.1 cm³/mol. The molecule has 5 nitrogen and oxygen atoms in total. The molecule has 2 heterocycles. The number of hydrogen-bond acceptors (Lipinski definition) is 3. The van der Waals surface area contributed by atoms with Crippen LogP contribution in [0.2, 0.25) is 0 Å². The summed E-state index contributed by atoms with van der Waals surface area (Å²) in [6.45, 7) is 0. The summed E-state index contributed by atoms with van der Waals surface area (Å²) in [7, 11) is 1.90. The van der Waals surface area contributed by atoms with E-state index >= 15 is 0 Å². The molecule has 0 saturated heterocycles. The first-order valence-electron chi connectivity index (χ1n) is 7.39. The van der Waals surface area contributed by atoms with Crippen LogP contribution in [0.15, 0.2) is 70.0 Å². The standard InChI is InChI=1S/C18H16BrN3O2/c1-22-12-11-20-18(22)17(13-5-3-2-4-6-13)21-16(23)10-8-14-7-9-15(19)24-14/h2-12,17H,1H3,(H,21,23). The van der Waals surface area contributed by atoms with Crippen LogP contribution in [0, 0.1) is 0 Å². The van der Waals surface area contributed by atoms with Gasteiger partial charge in [0, 0.05) is 25.5 Å². The Hall–Kier alpha value is -2.60. The van der Waals surface area contributed by atoms with Crippen molar-refractivity contribution in [2.75, 3.05) is 0 Å². The molecule has 0 aliphatic carbocycles. The fraction of sp³-hybridized carbons (Fsp3) is 0.111. The lowest BCUT2D eigenvalue weighted by Crippen LogP contribution is -2.29. The largest absolute Gasteiger partial charge is 0.450 e. The molecule has 122 valence electrons. The molecular formula is C18H16BrN3O2. The van der Waals surface area contributed by atoms with Crippen molar-refractivity contribution in [1.82, 2.24) is 14.9 Å². The Kier molecular flexibility index (Phi) is 4.96. The van der Waals surface area contributed by atoms with Gasteiger partial charge < -0.3 is 14.3 Å². The van der Waals surface area contributed by atoms with Gasteiger partial charge in [-0.2, -0.15) is 0 Å². The molecule has 0 bridgehead atoms. The Labute approximate surface area is 148 Å². The summed E-state index contributed by atoms with van der Waals surface area (Å²) in [5.74, 6) is 1.15. The zero-order valence-corrected chi connectivity index (χ0v) is 14.6. The molecule has 6 heteroatoms. The van der Waals surface area contributed by atoms with Crippen LogP contribution in [0.5, 0.6) is 0 Å². The van der Waals surface area contributed by atoms with Crippen LogP contribution in [-0.4, -0.2) is 15.5 Å². The molecule has 1 atom stereocenters. The third kappa shape index (κ3) is 3.83. The van der Waals surface area contributed by atoms with E-state index in [0.29, 0.717) is 10.4 Å². The van der Waals surface area contributed by atoms with Crippen molar-refractivity contribution in [3.63, 3.8) is 0 Å². The minimum atomic E-state index is -0.327. The molecule has 0 saturated carbocycles. The average Bonchev–Trinajstić information content (AvgIpc) is 3.20. The minimum absolute atomic E-state index is 0.223. The average molecular weight is 386 g/mol. The number of nitrogens with one attached hydrogen (secondary N) is 1. The fourth-order valence-corrected chi connectivity index (χ4v) is 2.68. The molecule has 1 amide bonds. The van der Waals surface area contributed by atoms with Gasteiger partial charge in [-0.3, -0.25) is 4.79 Å². The second-order valence-corrected chi connectivity index (χ2v) is 6.01. The quantitative estimate of drug-likeness (QED) is 0.681. The summed E-state index contributed by atoms with van der Waals surface area (Å²) in [6, 6.07) is 13.0. The number of aryl methyl sites for hydroxylation is 1. The molecule has 24 heavy (non-hydrogen) atoms. The molecular weight excluding hydrogens is 370 g/mol. The van der Waals surface area contributed by atoms with Gasteiger partial charge >= 0.3 is 0 Å². The SMILES string of the molecule is Cn1ccnc1C(NC(=O)C=Cc1ccc(Br)o1)c1ccccc1. The summed E-state index contributed by atoms with van der Waals surface area (Å²) in [5.41, 5.74) is 0.967. The third-order valence-corrected chi connectivity index (χ3v) is 3.96. The van der Waals surface area contributed by atoms with E-state index < -0.39 is 0 Å². The highest BCUT2D eigenvalue weighted by atomic mass is 79.9. The molecule has 0 aliphatic heterocycles. The number of amides is 1. The molecule has 3 aromatic rings. The summed E-state index contributed by atoms with van der Waals surface area (Å²) in [5, 5.41) is 2.99. The number of hydrogen-bond donors (Lipinski definition) is 1. The number of halogens is 1. The van der Waals surface area contributed by atoms with E-state index in [1.165, 1.54) is 6.08 Å². The molecule has 1 unspecified atom stereocenters. The van der Waals surface area contributed by atoms with Crippen LogP contribution in [-0.2, 0) is 11.8 Å². The first-order chi connectivity index (χ1) is 11.6. The summed E-state index contributed by atoms with van der Waals surface area (Å²) >= 11 is 3.23. The number of carbonyl (C=O) groups excluding carboxylic acids is 1. The minimum Gasteiger partial charge on any atom is -0.450 e. The number of imidazole rings is 1. The normalized spacial score (nSPS) is 12.4. The van der Waals surface area contributed by atoms with Gasteiger partial charge in [0.1, 0.15) is 17.6 Å². The molecule has 0 fully saturated rings. The third-order valence-electron chi connectivity index (χ3n) is 3.53. The van der Waals surface area contributed by atoms with Crippen LogP contribution >= 0.6 is 15.9 Å². The predicted octanol–water partition coefficient (Wildman–Crippen LogP) is 3.69. The molecule has 1 aromatic carbocycles. The maximum Gasteiger partial charge on any atom is 0.244 e. The van der Waals surface area contributed by atoms with E-state index in [1.807, 2.05) is 48.1 Å². The van der Waals surface area contributed by atoms with Gasteiger partial charge in [0.05, 0.1) is 0 Å². The monoisotopic (exact) mass is 385 g/mol. The van der Waals surface area contributed by atoms with Gasteiger partial charge in [0.2, 0.25) is 5.91 Å². The van der Waals surface area contributed by atoms with Crippen LogP contribution in [0.25, 0.3) is 6.08 Å². The molecule has 0 aliphatic rings. The first kappa shape index (κ1) is 16.3. The lowest BCUT2D eigenvalue weighted by molar-refractivity contribution is -0.117. The topological polar surface area (TPSA) is 60.1 Å². The van der Waals surface area contributed by atoms with Crippen molar-refractivity contribution in [2.24, 2.45) is 7.05 Å². The number of aromatic nitrogens is 2. The van der Waals surface area contributed by atoms with Crippen LogP contribution in [0.1, 0.15) is 23.2 Å². The maximum absolute atomic E-state index is 12.3. The van der Waals surface area contributed by atoms with Crippen LogP contribution in [0.3, 0.4) is 0 Å². The van der Waals surface area contributed by atoms with E-state index in [2.05, 4.69) is 26.2 Å². The van der Waals surface area contributed by atoms with Gasteiger partial charge in [-0.05, 0) is 39.7 Å². The maximum atomic E-state index is 12.3. The second kappa shape index (κ2) is 7.31. The smallest absolute Gasteiger partial charge is 0.244 e. The Morgan fingerprint density at radius 2 is 2.08 bits per heavy atom. The summed E-state index contributed by atoms with van der Waals surface area (Å²) in [6.07, 6.45) is 6.64. The van der Waals surface area contributed by atoms with Crippen molar-refractivity contribution < 1.29 is 9.21 Å². The lowest BCUT2D eigenvalue weighted by atomic mass is 10.1. The fourth-order valence-electron chi connectivity index (χ4n) is 2.36. The Morgan fingerprint density at radius 3 is 2.71 bits per heavy atom. The van der Waals surface area contributed by atoms with Crippen LogP contribution in [0.4, 0.5) is 0 Å². The van der Waals surface area contributed by atoms with Crippen molar-refractivity contribution in [1.29, 1.82) is 0 Å². The highest BCUT2D eigenvalue weighted by Crippen LogP contribution is 2.20. The van der Waals surface area contributed by atoms with Crippen LogP contribution < -0.4 is 5.32 Å². The number of carbonyl (C=O) groups is 1. The lowest BCUT2D eigenvalue weighted by Gasteiger charge is -2.18. The zero-order chi connectivity index (χ0) is 16.9. The highest BCUT2D eigenvalue weighted by Gasteiger charge is 2.19. The van der Waals surface area contributed by atoms with Gasteiger partial charge in [-0.25, -0.2) is 4.98 Å². The van der Waals surface area contributed by atoms with Gasteiger partial charge in [0.25, 0.3) is 0 Å². The first-order valence-corrected chi connectivity index (χ1v) is 8.19. The van der Waals surface area contributed by atoms with Gasteiger partial charge in [0.15, 0.2) is 4.67 Å². The van der Waals surface area contributed by atoms with Crippen molar-refractivity contribution >= 4 is 27.9 Å². The number of furan rings is 1. The highest BCUT2D eigenvalue weighted by molar-refractivity contribution is 9.10. The van der Waals surface area contributed by atoms with E-state index in [4.69, 9.17) is 4.42 Å². The van der Waals surface area contributed by atoms with E-state index in [0.717, 1.165) is 11.4 Å². The summed E-state index contributed by atoms with van der Waals surface area (Å²) in [4.78, 5) is 16.7. The Morgan fingerprint density at radius 1 is 1.29 bits per heavy atom. The second-order valence-electron chi connectivity index (χ2n) is 5.22. The number of nitrogens with zero attached hydrogens (tertiary/aromatic N) is 2. The molecule has 3 rings (SSSR count). The Bertz CT molecular complexity index is 852. The molecule has 0 radical (unpaired) electrons.